The Morgan fingerprint density at radius 2 is 2.33 bits per heavy atom. The number of allylic oxidation sites excluding steroid dienone is 1. The van der Waals surface area contributed by atoms with Gasteiger partial charge in [0, 0.05) is 0 Å². The number of fused-ring (bicyclic) bond motifs is 1. The van der Waals surface area contributed by atoms with E-state index in [1.165, 1.54) is 5.57 Å². The molecular weight excluding hydrogens is 150 g/mol. The molecule has 66 valence electrons. The smallest absolute Gasteiger partial charge is 0.226 e. The van der Waals surface area contributed by atoms with Gasteiger partial charge in [0.25, 0.3) is 0 Å². The molecule has 0 aromatic carbocycles. The van der Waals surface area contributed by atoms with E-state index in [2.05, 4.69) is 32.2 Å². The highest BCUT2D eigenvalue weighted by atomic mass is 16.2. The fraction of sp³-hybridized carbons (Fsp3) is 0.700. The molecule has 1 heterocycles. The second-order valence-corrected chi connectivity index (χ2v) is 4.43. The Labute approximate surface area is 73.0 Å². The van der Waals surface area contributed by atoms with Crippen molar-refractivity contribution in [2.45, 2.75) is 32.7 Å². The van der Waals surface area contributed by atoms with Crippen LogP contribution in [0.2, 0.25) is 0 Å². The molecule has 0 saturated carbocycles. The summed E-state index contributed by atoms with van der Waals surface area (Å²) in [5.74, 6) is 0.868. The van der Waals surface area contributed by atoms with Crippen molar-refractivity contribution in [3.05, 3.63) is 11.6 Å². The molecule has 0 aromatic heterocycles. The maximum Gasteiger partial charge on any atom is 0.226 e. The van der Waals surface area contributed by atoms with Gasteiger partial charge in [-0.2, -0.15) is 0 Å². The fourth-order valence-electron chi connectivity index (χ4n) is 2.80. The predicted octanol–water partition coefficient (Wildman–Crippen LogP) is 1.48. The van der Waals surface area contributed by atoms with Gasteiger partial charge in [-0.3, -0.25) is 4.79 Å². The summed E-state index contributed by atoms with van der Waals surface area (Å²) in [6, 6.07) is 0. The number of nitrogens with one attached hydrogen (secondary N) is 1. The third-order valence-electron chi connectivity index (χ3n) is 3.10. The molecular formula is C10H15NO. The van der Waals surface area contributed by atoms with Crippen molar-refractivity contribution in [2.75, 3.05) is 0 Å². The standard InChI is InChI=1S/C10H15NO/c1-6-4-7(2)8-9(12)11-10(8,3)5-6/h4,7-8H,5H2,1-3H3,(H,11,12)/t7-,8-,10+/m0/s1. The Morgan fingerprint density at radius 1 is 1.67 bits per heavy atom. The first-order valence-corrected chi connectivity index (χ1v) is 4.52. The number of β-lactam (4-membered cyclic amide) rings is 1. The third kappa shape index (κ3) is 0.838. The molecule has 3 atom stereocenters. The van der Waals surface area contributed by atoms with E-state index >= 15 is 0 Å². The molecule has 1 saturated heterocycles. The van der Waals surface area contributed by atoms with Gasteiger partial charge in [0.1, 0.15) is 0 Å². The number of amides is 1. The van der Waals surface area contributed by atoms with Crippen LogP contribution in [0.15, 0.2) is 11.6 Å². The van der Waals surface area contributed by atoms with Gasteiger partial charge < -0.3 is 5.32 Å². The zero-order chi connectivity index (χ0) is 8.93. The highest BCUT2D eigenvalue weighted by Crippen LogP contribution is 2.42. The molecule has 1 aliphatic carbocycles. The third-order valence-corrected chi connectivity index (χ3v) is 3.10. The first-order valence-electron chi connectivity index (χ1n) is 4.52. The Kier molecular flexibility index (Phi) is 1.39. The van der Waals surface area contributed by atoms with Crippen molar-refractivity contribution in [2.24, 2.45) is 11.8 Å². The summed E-state index contributed by atoms with van der Waals surface area (Å²) in [6.07, 6.45) is 3.25. The molecule has 0 unspecified atom stereocenters. The minimum absolute atomic E-state index is 0.0648. The van der Waals surface area contributed by atoms with Crippen molar-refractivity contribution >= 4 is 5.91 Å². The highest BCUT2D eigenvalue weighted by molar-refractivity contribution is 5.88. The monoisotopic (exact) mass is 165 g/mol. The number of carbonyl (C=O) groups is 1. The SMILES string of the molecule is CC1=C[C@H](C)[C@H]2C(=O)N[C@]2(C)C1. The van der Waals surface area contributed by atoms with Crippen molar-refractivity contribution in [3.63, 3.8) is 0 Å². The molecule has 0 aromatic rings. The molecule has 1 N–H and O–H groups in total. The van der Waals surface area contributed by atoms with Crippen LogP contribution in [0.4, 0.5) is 0 Å². The minimum Gasteiger partial charge on any atom is -0.349 e. The van der Waals surface area contributed by atoms with Crippen LogP contribution in [0.25, 0.3) is 0 Å². The summed E-state index contributed by atoms with van der Waals surface area (Å²) in [6.45, 7) is 6.42. The van der Waals surface area contributed by atoms with Gasteiger partial charge in [0.05, 0.1) is 11.5 Å². The maximum atomic E-state index is 11.2. The first-order chi connectivity index (χ1) is 5.53. The molecule has 0 bridgehead atoms. The van der Waals surface area contributed by atoms with E-state index in [1.54, 1.807) is 0 Å². The normalized spacial score (nSPS) is 45.6. The topological polar surface area (TPSA) is 29.1 Å². The van der Waals surface area contributed by atoms with Crippen LogP contribution in [-0.2, 0) is 4.79 Å². The van der Waals surface area contributed by atoms with E-state index in [9.17, 15) is 4.79 Å². The van der Waals surface area contributed by atoms with Crippen LogP contribution in [0, 0.1) is 11.8 Å². The van der Waals surface area contributed by atoms with Gasteiger partial charge in [-0.25, -0.2) is 0 Å². The second-order valence-electron chi connectivity index (χ2n) is 4.43. The largest absolute Gasteiger partial charge is 0.349 e. The Hall–Kier alpha value is -0.790. The molecule has 2 rings (SSSR count). The van der Waals surface area contributed by atoms with Crippen LogP contribution in [0.5, 0.6) is 0 Å². The maximum absolute atomic E-state index is 11.2. The van der Waals surface area contributed by atoms with Gasteiger partial charge in [0.15, 0.2) is 0 Å². The number of carbonyl (C=O) groups excluding carboxylic acids is 1. The van der Waals surface area contributed by atoms with Crippen molar-refractivity contribution in [3.8, 4) is 0 Å². The van der Waals surface area contributed by atoms with Gasteiger partial charge in [0.2, 0.25) is 5.91 Å². The van der Waals surface area contributed by atoms with Crippen LogP contribution in [0.1, 0.15) is 27.2 Å². The molecule has 1 amide bonds. The predicted molar refractivity (Wildman–Crippen MR) is 47.6 cm³/mol. The summed E-state index contributed by atoms with van der Waals surface area (Å²) in [5.41, 5.74) is 1.47. The molecule has 1 fully saturated rings. The molecule has 12 heavy (non-hydrogen) atoms. The number of hydrogen-bond acceptors (Lipinski definition) is 1. The summed E-state index contributed by atoms with van der Waals surface area (Å²) < 4.78 is 0. The van der Waals surface area contributed by atoms with Crippen molar-refractivity contribution in [1.82, 2.24) is 5.32 Å². The molecule has 2 heteroatoms. The van der Waals surface area contributed by atoms with E-state index in [0.29, 0.717) is 5.92 Å². The van der Waals surface area contributed by atoms with Gasteiger partial charge >= 0.3 is 0 Å². The van der Waals surface area contributed by atoms with Gasteiger partial charge in [-0.05, 0) is 26.2 Å². The van der Waals surface area contributed by atoms with Crippen molar-refractivity contribution in [1.29, 1.82) is 0 Å². The summed E-state index contributed by atoms with van der Waals surface area (Å²) in [7, 11) is 0. The lowest BCUT2D eigenvalue weighted by Crippen LogP contribution is -2.70. The molecule has 2 nitrogen and oxygen atoms in total. The quantitative estimate of drug-likeness (QED) is 0.427. The van der Waals surface area contributed by atoms with Crippen LogP contribution in [0.3, 0.4) is 0 Å². The van der Waals surface area contributed by atoms with E-state index < -0.39 is 0 Å². The number of rotatable bonds is 0. The van der Waals surface area contributed by atoms with Gasteiger partial charge in [-0.1, -0.05) is 18.6 Å². The minimum atomic E-state index is 0.0648. The zero-order valence-corrected chi connectivity index (χ0v) is 7.85. The highest BCUT2D eigenvalue weighted by Gasteiger charge is 2.53. The number of hydrogen-bond donors (Lipinski definition) is 1. The van der Waals surface area contributed by atoms with Crippen LogP contribution >= 0.6 is 0 Å². The summed E-state index contributed by atoms with van der Waals surface area (Å²) in [5, 5.41) is 3.00. The Bertz CT molecular complexity index is 269. The van der Waals surface area contributed by atoms with Gasteiger partial charge in [-0.15, -0.1) is 0 Å². The molecule has 0 spiro atoms. The zero-order valence-electron chi connectivity index (χ0n) is 7.85. The summed E-state index contributed by atoms with van der Waals surface area (Å²) >= 11 is 0. The first kappa shape index (κ1) is 7.84. The molecule has 1 aliphatic heterocycles. The Balaban J connectivity index is 2.31. The van der Waals surface area contributed by atoms with E-state index in [1.807, 2.05) is 0 Å². The fourth-order valence-corrected chi connectivity index (χ4v) is 2.80. The van der Waals surface area contributed by atoms with E-state index in [0.717, 1.165) is 6.42 Å². The van der Waals surface area contributed by atoms with Crippen LogP contribution < -0.4 is 5.32 Å². The Morgan fingerprint density at radius 3 is 2.83 bits per heavy atom. The lowest BCUT2D eigenvalue weighted by molar-refractivity contribution is -0.143. The lowest BCUT2D eigenvalue weighted by Gasteiger charge is -2.52. The van der Waals surface area contributed by atoms with E-state index in [4.69, 9.17) is 0 Å². The summed E-state index contributed by atoms with van der Waals surface area (Å²) in [4.78, 5) is 11.2. The molecule has 0 radical (unpaired) electrons. The average Bonchev–Trinajstić information content (AvgIpc) is 1.81. The lowest BCUT2D eigenvalue weighted by atomic mass is 9.64. The second kappa shape index (κ2) is 2.12. The molecule has 2 aliphatic rings. The van der Waals surface area contributed by atoms with Crippen LogP contribution in [-0.4, -0.2) is 11.4 Å². The van der Waals surface area contributed by atoms with E-state index in [-0.39, 0.29) is 17.4 Å². The van der Waals surface area contributed by atoms with Crippen molar-refractivity contribution < 1.29 is 4.79 Å². The average molecular weight is 165 g/mol.